The minimum atomic E-state index is -5.27. The number of hydrogen-bond acceptors (Lipinski definition) is 7. The molecule has 1 aliphatic rings. The van der Waals surface area contributed by atoms with Gasteiger partial charge in [-0.1, -0.05) is 0 Å². The Kier molecular flexibility index (Phi) is 7.02. The number of phosphoric acid groups is 2. The SMILES string of the molecule is CC1(F)CC(COP(=O)(O)OP(=O)(O)O)OC1N(C=O)/C=C\C(=N)N. The number of nitrogens with one attached hydrogen (secondary N) is 1. The van der Waals surface area contributed by atoms with Gasteiger partial charge < -0.3 is 25.2 Å². The number of hydrogen-bond donors (Lipinski definition) is 5. The van der Waals surface area contributed by atoms with E-state index in [4.69, 9.17) is 30.6 Å². The van der Waals surface area contributed by atoms with Crippen molar-refractivity contribution in [3.05, 3.63) is 12.3 Å². The molecule has 0 bridgehead atoms. The van der Waals surface area contributed by atoms with E-state index in [1.54, 1.807) is 0 Å². The van der Waals surface area contributed by atoms with Crippen LogP contribution in [0.2, 0.25) is 0 Å². The van der Waals surface area contributed by atoms with Crippen LogP contribution in [-0.4, -0.2) is 56.4 Å². The standard InChI is InChI=1S/C10H18FN3O9P2/c1-10(11)4-7(5-21-25(19,20)23-24(16,17)18)22-9(10)14(6-15)3-2-8(12)13/h2-3,6-7,9H,4-5H2,1H3,(H3,12,13)(H,19,20)(H2,16,17,18)/b3-2-. The monoisotopic (exact) mass is 405 g/mol. The van der Waals surface area contributed by atoms with Gasteiger partial charge in [-0.25, -0.2) is 13.5 Å². The lowest BCUT2D eigenvalue weighted by Crippen LogP contribution is -2.42. The van der Waals surface area contributed by atoms with Crippen LogP contribution in [0.25, 0.3) is 0 Å². The van der Waals surface area contributed by atoms with Crippen LogP contribution in [0.1, 0.15) is 13.3 Å². The van der Waals surface area contributed by atoms with Crippen LogP contribution < -0.4 is 5.73 Å². The van der Waals surface area contributed by atoms with Gasteiger partial charge in [-0.3, -0.25) is 19.6 Å². The fourth-order valence-electron chi connectivity index (χ4n) is 2.07. The quantitative estimate of drug-likeness (QED) is 0.150. The first-order valence-corrected chi connectivity index (χ1v) is 9.62. The van der Waals surface area contributed by atoms with Gasteiger partial charge in [0, 0.05) is 12.6 Å². The number of amidine groups is 1. The third-order valence-electron chi connectivity index (χ3n) is 2.91. The number of ether oxygens (including phenoxy) is 1. The summed E-state index contributed by atoms with van der Waals surface area (Å²) in [6, 6.07) is 0. The zero-order chi connectivity index (χ0) is 19.5. The highest BCUT2D eigenvalue weighted by Crippen LogP contribution is 2.57. The first-order chi connectivity index (χ1) is 11.3. The number of rotatable bonds is 9. The summed E-state index contributed by atoms with van der Waals surface area (Å²) in [4.78, 5) is 38.0. The summed E-state index contributed by atoms with van der Waals surface area (Å²) in [5.41, 5.74) is 3.01. The zero-order valence-electron chi connectivity index (χ0n) is 12.9. The van der Waals surface area contributed by atoms with Crippen LogP contribution in [0.15, 0.2) is 12.3 Å². The lowest BCUT2D eigenvalue weighted by atomic mass is 10.0. The van der Waals surface area contributed by atoms with E-state index in [1.807, 2.05) is 0 Å². The third kappa shape index (κ3) is 7.30. The molecular formula is C10H18FN3O9P2. The van der Waals surface area contributed by atoms with E-state index in [1.165, 1.54) is 0 Å². The molecule has 0 spiro atoms. The van der Waals surface area contributed by atoms with Crippen LogP contribution >= 0.6 is 15.6 Å². The number of halogens is 1. The second-order valence-electron chi connectivity index (χ2n) is 5.25. The Morgan fingerprint density at radius 2 is 2.12 bits per heavy atom. The fraction of sp³-hybridized carbons (Fsp3) is 0.600. The van der Waals surface area contributed by atoms with E-state index in [9.17, 15) is 18.3 Å². The van der Waals surface area contributed by atoms with Crippen molar-refractivity contribution in [1.29, 1.82) is 5.41 Å². The summed E-state index contributed by atoms with van der Waals surface area (Å²) in [6.45, 7) is 0.382. The topological polar surface area (TPSA) is 193 Å². The largest absolute Gasteiger partial charge is 0.481 e. The van der Waals surface area contributed by atoms with Gasteiger partial charge in [0.15, 0.2) is 11.9 Å². The highest BCUT2D eigenvalue weighted by Gasteiger charge is 2.49. The number of alkyl halides is 1. The molecule has 0 radical (unpaired) electrons. The molecule has 4 unspecified atom stereocenters. The number of nitrogens with zero attached hydrogens (tertiary/aromatic N) is 1. The van der Waals surface area contributed by atoms with Gasteiger partial charge in [0.1, 0.15) is 5.84 Å². The maximum atomic E-state index is 14.6. The minimum absolute atomic E-state index is 0.235. The molecule has 12 nitrogen and oxygen atoms in total. The molecule has 6 N–H and O–H groups in total. The summed E-state index contributed by atoms with van der Waals surface area (Å²) in [6.07, 6.45) is -0.628. The average Bonchev–Trinajstić information content (AvgIpc) is 2.70. The normalized spacial score (nSPS) is 29.5. The summed E-state index contributed by atoms with van der Waals surface area (Å²) >= 11 is 0. The summed E-state index contributed by atoms with van der Waals surface area (Å²) < 4.78 is 49.7. The van der Waals surface area contributed by atoms with Gasteiger partial charge in [0.25, 0.3) is 0 Å². The molecule has 0 saturated carbocycles. The maximum absolute atomic E-state index is 14.6. The predicted octanol–water partition coefficient (Wildman–Crippen LogP) is -0.0360. The Hall–Kier alpha value is -1.17. The van der Waals surface area contributed by atoms with Gasteiger partial charge >= 0.3 is 15.6 Å². The number of phosphoric ester groups is 1. The van der Waals surface area contributed by atoms with Crippen molar-refractivity contribution in [3.63, 3.8) is 0 Å². The van der Waals surface area contributed by atoms with Crippen molar-refractivity contribution >= 4 is 27.9 Å². The molecule has 1 aliphatic heterocycles. The van der Waals surface area contributed by atoms with Crippen molar-refractivity contribution in [2.24, 2.45) is 5.73 Å². The molecule has 0 aromatic heterocycles. The molecular weight excluding hydrogens is 387 g/mol. The van der Waals surface area contributed by atoms with Crippen molar-refractivity contribution in [2.45, 2.75) is 31.3 Å². The van der Waals surface area contributed by atoms with Crippen LogP contribution in [0, 0.1) is 5.41 Å². The number of carbonyl (C=O) groups is 1. The van der Waals surface area contributed by atoms with Crippen molar-refractivity contribution in [3.8, 4) is 0 Å². The molecule has 0 aromatic rings. The molecule has 4 atom stereocenters. The van der Waals surface area contributed by atoms with Crippen molar-refractivity contribution in [1.82, 2.24) is 4.90 Å². The maximum Gasteiger partial charge on any atom is 0.481 e. The number of nitrogens with two attached hydrogens (primary N) is 1. The van der Waals surface area contributed by atoms with Gasteiger partial charge in [0.05, 0.1) is 12.7 Å². The molecule has 1 rings (SSSR count). The van der Waals surface area contributed by atoms with E-state index < -0.39 is 40.3 Å². The Bertz CT molecular complexity index is 637. The van der Waals surface area contributed by atoms with Crippen molar-refractivity contribution in [2.75, 3.05) is 6.61 Å². The molecule has 1 amide bonds. The van der Waals surface area contributed by atoms with Gasteiger partial charge in [-0.15, -0.1) is 0 Å². The minimum Gasteiger partial charge on any atom is -0.384 e. The Morgan fingerprint density at radius 1 is 1.52 bits per heavy atom. The second-order valence-corrected chi connectivity index (χ2v) is 8.08. The van der Waals surface area contributed by atoms with Gasteiger partial charge in [0.2, 0.25) is 6.41 Å². The molecule has 1 saturated heterocycles. The summed E-state index contributed by atoms with van der Waals surface area (Å²) in [5.74, 6) is -0.388. The van der Waals surface area contributed by atoms with Crippen LogP contribution in [-0.2, 0) is 27.5 Å². The smallest absolute Gasteiger partial charge is 0.384 e. The average molecular weight is 405 g/mol. The fourth-order valence-corrected chi connectivity index (χ4v) is 3.69. The highest BCUT2D eigenvalue weighted by molar-refractivity contribution is 7.60. The third-order valence-corrected chi connectivity index (χ3v) is 5.07. The molecule has 0 aliphatic carbocycles. The van der Waals surface area contributed by atoms with E-state index in [-0.39, 0.29) is 18.7 Å². The molecule has 144 valence electrons. The highest BCUT2D eigenvalue weighted by atomic mass is 31.3. The van der Waals surface area contributed by atoms with Crippen LogP contribution in [0.4, 0.5) is 4.39 Å². The van der Waals surface area contributed by atoms with Gasteiger partial charge in [-0.05, 0) is 13.0 Å². The summed E-state index contributed by atoms with van der Waals surface area (Å²) in [7, 11) is -10.4. The van der Waals surface area contributed by atoms with Crippen LogP contribution in [0.5, 0.6) is 0 Å². The lowest BCUT2D eigenvalue weighted by Gasteiger charge is -2.28. The first kappa shape index (κ1) is 21.9. The van der Waals surface area contributed by atoms with Gasteiger partial charge in [-0.2, -0.15) is 4.31 Å². The van der Waals surface area contributed by atoms with E-state index in [0.29, 0.717) is 0 Å². The zero-order valence-corrected chi connectivity index (χ0v) is 14.7. The Balaban J connectivity index is 2.75. The Morgan fingerprint density at radius 3 is 2.60 bits per heavy atom. The predicted molar refractivity (Wildman–Crippen MR) is 80.7 cm³/mol. The number of amides is 1. The number of carbonyl (C=O) groups excluding carboxylic acids is 1. The van der Waals surface area contributed by atoms with Crippen LogP contribution in [0.3, 0.4) is 0 Å². The molecule has 15 heteroatoms. The Labute approximate surface area is 141 Å². The second kappa shape index (κ2) is 8.02. The van der Waals surface area contributed by atoms with E-state index >= 15 is 0 Å². The lowest BCUT2D eigenvalue weighted by molar-refractivity contribution is -0.135. The van der Waals surface area contributed by atoms with Crippen molar-refractivity contribution < 1.29 is 46.6 Å². The molecule has 0 aromatic carbocycles. The molecule has 1 fully saturated rings. The van der Waals surface area contributed by atoms with E-state index in [0.717, 1.165) is 24.1 Å². The summed E-state index contributed by atoms with van der Waals surface area (Å²) in [5, 5.41) is 7.04. The van der Waals surface area contributed by atoms with E-state index in [2.05, 4.69) is 8.83 Å². The first-order valence-electron chi connectivity index (χ1n) is 6.59. The molecule has 25 heavy (non-hydrogen) atoms. The molecule has 1 heterocycles.